The van der Waals surface area contributed by atoms with E-state index in [1.807, 2.05) is 25.5 Å². The zero-order valence-corrected chi connectivity index (χ0v) is 15.8. The number of hydrogen-bond acceptors (Lipinski definition) is 3. The van der Waals surface area contributed by atoms with Crippen molar-refractivity contribution < 1.29 is 4.79 Å². The number of hydrogen-bond donors (Lipinski definition) is 3. The smallest absolute Gasteiger partial charge is 0.238 e. The van der Waals surface area contributed by atoms with Crippen LogP contribution in [-0.4, -0.2) is 26.8 Å². The van der Waals surface area contributed by atoms with Crippen molar-refractivity contribution in [2.75, 3.05) is 0 Å². The van der Waals surface area contributed by atoms with Crippen molar-refractivity contribution in [3.63, 3.8) is 0 Å². The molecule has 130 valence electrons. The van der Waals surface area contributed by atoms with E-state index in [0.29, 0.717) is 23.9 Å². The summed E-state index contributed by atoms with van der Waals surface area (Å²) in [6, 6.07) is 0.226. The molecule has 0 atom stereocenters. The van der Waals surface area contributed by atoms with Crippen LogP contribution < -0.4 is 16.2 Å². The van der Waals surface area contributed by atoms with Crippen molar-refractivity contribution in [2.45, 2.75) is 67.0 Å². The fourth-order valence-electron chi connectivity index (χ4n) is 2.35. The molecule has 0 unspecified atom stereocenters. The maximum Gasteiger partial charge on any atom is 0.238 e. The van der Waals surface area contributed by atoms with E-state index in [4.69, 9.17) is 12.2 Å². The van der Waals surface area contributed by atoms with E-state index in [1.165, 1.54) is 0 Å². The summed E-state index contributed by atoms with van der Waals surface area (Å²) in [4.78, 5) is 11.9. The molecule has 0 aliphatic carbocycles. The van der Waals surface area contributed by atoms with Crippen LogP contribution in [0.3, 0.4) is 0 Å². The summed E-state index contributed by atoms with van der Waals surface area (Å²) in [7, 11) is 0. The fraction of sp³-hybridized carbons (Fsp3) is 0.688. The highest BCUT2D eigenvalue weighted by atomic mass is 32.1. The van der Waals surface area contributed by atoms with Gasteiger partial charge in [0.05, 0.1) is 5.69 Å². The minimum atomic E-state index is -0.0895. The summed E-state index contributed by atoms with van der Waals surface area (Å²) in [6.07, 6.45) is 1.07. The molecule has 0 radical (unpaired) electrons. The van der Waals surface area contributed by atoms with Gasteiger partial charge in [0, 0.05) is 24.7 Å². The highest BCUT2D eigenvalue weighted by Gasteiger charge is 2.13. The van der Waals surface area contributed by atoms with Gasteiger partial charge in [0.1, 0.15) is 0 Å². The lowest BCUT2D eigenvalue weighted by atomic mass is 10.1. The molecule has 3 N–H and O–H groups in total. The minimum Gasteiger partial charge on any atom is -0.359 e. The van der Waals surface area contributed by atoms with E-state index in [-0.39, 0.29) is 11.9 Å². The number of rotatable bonds is 6. The molecule has 0 aliphatic heterocycles. The number of carbonyl (C=O) groups is 1. The van der Waals surface area contributed by atoms with Gasteiger partial charge in [-0.25, -0.2) is 0 Å². The van der Waals surface area contributed by atoms with Gasteiger partial charge in [-0.3, -0.25) is 20.3 Å². The molecular weight excluding hydrogens is 310 g/mol. The van der Waals surface area contributed by atoms with E-state index < -0.39 is 0 Å². The molecule has 7 heteroatoms. The highest BCUT2D eigenvalue weighted by Crippen LogP contribution is 2.16. The van der Waals surface area contributed by atoms with Crippen LogP contribution in [-0.2, 0) is 17.8 Å². The average Bonchev–Trinajstić information content (AvgIpc) is 2.67. The molecule has 1 heterocycles. The molecule has 0 bridgehead atoms. The second-order valence-electron chi connectivity index (χ2n) is 6.53. The van der Waals surface area contributed by atoms with E-state index in [9.17, 15) is 4.79 Å². The Bertz CT molecular complexity index is 551. The number of thiocarbonyl (C=S) groups is 1. The number of carbonyl (C=O) groups excluding carboxylic acids is 1. The van der Waals surface area contributed by atoms with Crippen molar-refractivity contribution >= 4 is 23.2 Å². The molecule has 0 aliphatic rings. The largest absolute Gasteiger partial charge is 0.359 e. The van der Waals surface area contributed by atoms with Crippen molar-refractivity contribution in [2.24, 2.45) is 5.92 Å². The van der Waals surface area contributed by atoms with Crippen LogP contribution in [0.5, 0.6) is 0 Å². The van der Waals surface area contributed by atoms with Crippen molar-refractivity contribution in [3.05, 3.63) is 17.0 Å². The quantitative estimate of drug-likeness (QED) is 0.546. The van der Waals surface area contributed by atoms with Crippen molar-refractivity contribution in [1.29, 1.82) is 0 Å². The van der Waals surface area contributed by atoms with Crippen LogP contribution in [0, 0.1) is 19.8 Å². The molecule has 1 rings (SSSR count). The van der Waals surface area contributed by atoms with Gasteiger partial charge in [-0.1, -0.05) is 13.8 Å². The van der Waals surface area contributed by atoms with Gasteiger partial charge >= 0.3 is 0 Å². The predicted molar refractivity (Wildman–Crippen MR) is 97.0 cm³/mol. The maximum absolute atomic E-state index is 11.9. The first-order valence-electron chi connectivity index (χ1n) is 8.09. The predicted octanol–water partition coefficient (Wildman–Crippen LogP) is 1.99. The summed E-state index contributed by atoms with van der Waals surface area (Å²) >= 11 is 5.06. The Morgan fingerprint density at radius 3 is 2.43 bits per heavy atom. The minimum absolute atomic E-state index is 0.0895. The number of nitrogens with one attached hydrogen (secondary N) is 3. The molecule has 23 heavy (non-hydrogen) atoms. The third kappa shape index (κ3) is 6.56. The fourth-order valence-corrected chi connectivity index (χ4v) is 2.63. The Morgan fingerprint density at radius 1 is 1.22 bits per heavy atom. The summed E-state index contributed by atoms with van der Waals surface area (Å²) in [5, 5.41) is 8.00. The SMILES string of the molecule is Cc1nn(CC(C)C)c(C)c1CCC(=O)NNC(=S)NC(C)C. The highest BCUT2D eigenvalue weighted by molar-refractivity contribution is 7.80. The van der Waals surface area contributed by atoms with E-state index in [1.54, 1.807) is 0 Å². The Kier molecular flexibility index (Phi) is 7.48. The monoisotopic (exact) mass is 339 g/mol. The van der Waals surface area contributed by atoms with Gasteiger partial charge in [0.25, 0.3) is 0 Å². The summed E-state index contributed by atoms with van der Waals surface area (Å²) in [5.74, 6) is 0.455. The van der Waals surface area contributed by atoms with Crippen LogP contribution in [0.4, 0.5) is 0 Å². The molecule has 1 aromatic rings. The average molecular weight is 340 g/mol. The number of aryl methyl sites for hydroxylation is 1. The third-order valence-corrected chi connectivity index (χ3v) is 3.63. The standard InChI is InChI=1S/C16H29N5OS/c1-10(2)9-21-13(6)14(12(5)20-21)7-8-15(22)18-19-16(23)17-11(3)4/h10-11H,7-9H2,1-6H3,(H,18,22)(H2,17,19,23). The van der Waals surface area contributed by atoms with Gasteiger partial charge in [-0.05, 0) is 57.8 Å². The normalized spacial score (nSPS) is 11.0. The molecule has 1 amide bonds. The summed E-state index contributed by atoms with van der Waals surface area (Å²) in [6.45, 7) is 13.3. The Morgan fingerprint density at radius 2 is 1.87 bits per heavy atom. The van der Waals surface area contributed by atoms with E-state index in [2.05, 4.69) is 42.0 Å². The van der Waals surface area contributed by atoms with Crippen LogP contribution in [0.2, 0.25) is 0 Å². The Balaban J connectivity index is 2.50. The van der Waals surface area contributed by atoms with E-state index >= 15 is 0 Å². The molecule has 6 nitrogen and oxygen atoms in total. The van der Waals surface area contributed by atoms with Crippen molar-refractivity contribution in [3.8, 4) is 0 Å². The topological polar surface area (TPSA) is 71.0 Å². The third-order valence-electron chi connectivity index (χ3n) is 3.41. The maximum atomic E-state index is 11.9. The van der Waals surface area contributed by atoms with Gasteiger partial charge in [-0.15, -0.1) is 0 Å². The number of nitrogens with zero attached hydrogens (tertiary/aromatic N) is 2. The van der Waals surface area contributed by atoms with Crippen molar-refractivity contribution in [1.82, 2.24) is 25.9 Å². The molecule has 0 saturated carbocycles. The van der Waals surface area contributed by atoms with Crippen LogP contribution in [0.25, 0.3) is 0 Å². The second kappa shape index (κ2) is 8.86. The molecule has 1 aromatic heterocycles. The molecule has 0 spiro atoms. The lowest BCUT2D eigenvalue weighted by Crippen LogP contribution is -2.48. The van der Waals surface area contributed by atoms with E-state index in [0.717, 1.165) is 23.5 Å². The van der Waals surface area contributed by atoms with Crippen LogP contribution in [0.1, 0.15) is 51.1 Å². The van der Waals surface area contributed by atoms with Gasteiger partial charge in [0.2, 0.25) is 5.91 Å². The zero-order valence-electron chi connectivity index (χ0n) is 15.0. The lowest BCUT2D eigenvalue weighted by Gasteiger charge is -2.13. The molecule has 0 saturated heterocycles. The first-order chi connectivity index (χ1) is 10.7. The Labute approximate surface area is 144 Å². The van der Waals surface area contributed by atoms with Gasteiger partial charge in [0.15, 0.2) is 5.11 Å². The number of hydrazine groups is 1. The first-order valence-corrected chi connectivity index (χ1v) is 8.49. The van der Waals surface area contributed by atoms with Gasteiger partial charge in [-0.2, -0.15) is 5.10 Å². The number of amides is 1. The zero-order chi connectivity index (χ0) is 17.6. The Hall–Kier alpha value is -1.63. The second-order valence-corrected chi connectivity index (χ2v) is 6.93. The first kappa shape index (κ1) is 19.4. The molecule has 0 aromatic carbocycles. The lowest BCUT2D eigenvalue weighted by molar-refractivity contribution is -0.121. The van der Waals surface area contributed by atoms with Crippen LogP contribution >= 0.6 is 12.2 Å². The molecular formula is C16H29N5OS. The number of aromatic nitrogens is 2. The summed E-state index contributed by atoms with van der Waals surface area (Å²) < 4.78 is 2.03. The molecule has 0 fully saturated rings. The summed E-state index contributed by atoms with van der Waals surface area (Å²) in [5.41, 5.74) is 8.63. The van der Waals surface area contributed by atoms with Crippen LogP contribution in [0.15, 0.2) is 0 Å². The van der Waals surface area contributed by atoms with Gasteiger partial charge < -0.3 is 5.32 Å².